The monoisotopic (exact) mass is 404 g/mol. The first kappa shape index (κ1) is 17.8. The van der Waals surface area contributed by atoms with Gasteiger partial charge in [-0.1, -0.05) is 54.6 Å². The lowest BCUT2D eigenvalue weighted by Crippen LogP contribution is -2.26. The van der Waals surface area contributed by atoms with Gasteiger partial charge in [-0.05, 0) is 34.9 Å². The van der Waals surface area contributed by atoms with Crippen molar-refractivity contribution in [1.29, 1.82) is 0 Å². The minimum Gasteiger partial charge on any atom is -0.334 e. The molecule has 0 radical (unpaired) electrons. The van der Waals surface area contributed by atoms with E-state index in [-0.39, 0.29) is 5.91 Å². The SMILES string of the molecule is O=C1c2c(cccc2-c2ccc3cn[nH]c3c2)CN1CCc1ccc2ccccc2n1. The molecule has 0 spiro atoms. The number of aromatic amines is 1. The lowest BCUT2D eigenvalue weighted by atomic mass is 9.96. The normalized spacial score (nSPS) is 13.3. The fraction of sp³-hybridized carbons (Fsp3) is 0.115. The number of carbonyl (C=O) groups excluding carboxylic acids is 1. The number of rotatable bonds is 4. The number of pyridine rings is 1. The Morgan fingerprint density at radius 1 is 0.935 bits per heavy atom. The third-order valence-corrected chi connectivity index (χ3v) is 6.06. The number of aromatic nitrogens is 3. The Balaban J connectivity index is 1.27. The highest BCUT2D eigenvalue weighted by Gasteiger charge is 2.30. The summed E-state index contributed by atoms with van der Waals surface area (Å²) in [7, 11) is 0. The van der Waals surface area contributed by atoms with E-state index in [0.29, 0.717) is 13.1 Å². The van der Waals surface area contributed by atoms with Crippen LogP contribution in [0.2, 0.25) is 0 Å². The predicted octanol–water partition coefficient (Wildman–Crippen LogP) is 4.98. The lowest BCUT2D eigenvalue weighted by Gasteiger charge is -2.15. The van der Waals surface area contributed by atoms with E-state index in [2.05, 4.69) is 46.6 Å². The van der Waals surface area contributed by atoms with Gasteiger partial charge in [-0.2, -0.15) is 5.10 Å². The van der Waals surface area contributed by atoms with Crippen molar-refractivity contribution in [3.8, 4) is 11.1 Å². The quantitative estimate of drug-likeness (QED) is 0.460. The summed E-state index contributed by atoms with van der Waals surface area (Å²) in [6.07, 6.45) is 2.54. The van der Waals surface area contributed by atoms with Crippen molar-refractivity contribution in [2.45, 2.75) is 13.0 Å². The molecule has 0 fully saturated rings. The van der Waals surface area contributed by atoms with Crippen LogP contribution in [0, 0.1) is 0 Å². The standard InChI is InChI=1S/C26H20N4O/c31-26-25-20(5-3-6-22(25)18-8-9-19-15-27-29-24(19)14-18)16-30(26)13-12-21-11-10-17-4-1-2-7-23(17)28-21/h1-11,14-15H,12-13,16H2,(H,27,29). The maximum absolute atomic E-state index is 13.3. The number of para-hydroxylation sites is 1. The van der Waals surface area contributed by atoms with E-state index in [0.717, 1.165) is 56.2 Å². The molecular formula is C26H20N4O. The van der Waals surface area contributed by atoms with E-state index in [4.69, 9.17) is 4.98 Å². The molecule has 3 aromatic carbocycles. The fourth-order valence-corrected chi connectivity index (χ4v) is 4.44. The largest absolute Gasteiger partial charge is 0.334 e. The van der Waals surface area contributed by atoms with Gasteiger partial charge in [0.1, 0.15) is 0 Å². The van der Waals surface area contributed by atoms with Gasteiger partial charge in [0, 0.05) is 36.0 Å². The van der Waals surface area contributed by atoms with Crippen LogP contribution in [0.5, 0.6) is 0 Å². The van der Waals surface area contributed by atoms with Crippen molar-refractivity contribution in [3.63, 3.8) is 0 Å². The molecular weight excluding hydrogens is 384 g/mol. The first-order valence-electron chi connectivity index (χ1n) is 10.5. The maximum atomic E-state index is 13.3. The van der Waals surface area contributed by atoms with Crippen molar-refractivity contribution in [2.24, 2.45) is 0 Å². The molecule has 150 valence electrons. The number of H-pyrrole nitrogens is 1. The first-order valence-corrected chi connectivity index (χ1v) is 10.5. The van der Waals surface area contributed by atoms with Gasteiger partial charge in [-0.3, -0.25) is 14.9 Å². The van der Waals surface area contributed by atoms with E-state index in [1.807, 2.05) is 47.5 Å². The number of amides is 1. The van der Waals surface area contributed by atoms with Gasteiger partial charge in [-0.15, -0.1) is 0 Å². The highest BCUT2D eigenvalue weighted by molar-refractivity contribution is 6.05. The molecule has 1 aliphatic rings. The molecule has 0 aliphatic carbocycles. The van der Waals surface area contributed by atoms with E-state index < -0.39 is 0 Å². The van der Waals surface area contributed by atoms with Crippen LogP contribution in [-0.2, 0) is 13.0 Å². The summed E-state index contributed by atoms with van der Waals surface area (Å²) in [6, 6.07) is 24.5. The predicted molar refractivity (Wildman–Crippen MR) is 122 cm³/mol. The number of benzene rings is 3. The lowest BCUT2D eigenvalue weighted by molar-refractivity contribution is 0.0780. The van der Waals surface area contributed by atoms with E-state index in [1.165, 1.54) is 0 Å². The molecule has 31 heavy (non-hydrogen) atoms. The molecule has 1 aliphatic heterocycles. The minimum atomic E-state index is 0.0936. The average molecular weight is 404 g/mol. The molecule has 0 saturated carbocycles. The molecule has 5 aromatic rings. The van der Waals surface area contributed by atoms with E-state index in [1.54, 1.807) is 0 Å². The van der Waals surface area contributed by atoms with Crippen molar-refractivity contribution in [2.75, 3.05) is 6.54 Å². The average Bonchev–Trinajstić information content (AvgIpc) is 3.41. The highest BCUT2D eigenvalue weighted by atomic mass is 16.2. The second kappa shape index (κ2) is 7.06. The van der Waals surface area contributed by atoms with Gasteiger partial charge in [0.05, 0.1) is 22.8 Å². The van der Waals surface area contributed by atoms with Crippen LogP contribution in [-0.4, -0.2) is 32.5 Å². The molecule has 2 aromatic heterocycles. The van der Waals surface area contributed by atoms with Crippen LogP contribution in [0.3, 0.4) is 0 Å². The molecule has 1 N–H and O–H groups in total. The number of nitrogens with zero attached hydrogens (tertiary/aromatic N) is 3. The van der Waals surface area contributed by atoms with Gasteiger partial charge < -0.3 is 4.90 Å². The van der Waals surface area contributed by atoms with Gasteiger partial charge in [-0.25, -0.2) is 0 Å². The summed E-state index contributed by atoms with van der Waals surface area (Å²) in [5, 5.41) is 9.31. The van der Waals surface area contributed by atoms with Gasteiger partial charge in [0.2, 0.25) is 0 Å². The van der Waals surface area contributed by atoms with Crippen molar-refractivity contribution >= 4 is 27.7 Å². The van der Waals surface area contributed by atoms with Crippen LogP contribution >= 0.6 is 0 Å². The Morgan fingerprint density at radius 3 is 2.81 bits per heavy atom. The smallest absolute Gasteiger partial charge is 0.255 e. The minimum absolute atomic E-state index is 0.0936. The Morgan fingerprint density at radius 2 is 1.84 bits per heavy atom. The second-order valence-corrected chi connectivity index (χ2v) is 7.98. The summed E-state index contributed by atoms with van der Waals surface area (Å²) in [4.78, 5) is 20.0. The fourth-order valence-electron chi connectivity index (χ4n) is 4.44. The van der Waals surface area contributed by atoms with Crippen LogP contribution in [0.15, 0.2) is 79.0 Å². The summed E-state index contributed by atoms with van der Waals surface area (Å²) in [5.41, 5.74) is 6.87. The number of fused-ring (bicyclic) bond motifs is 3. The zero-order valence-electron chi connectivity index (χ0n) is 16.9. The van der Waals surface area contributed by atoms with Crippen LogP contribution in [0.25, 0.3) is 32.9 Å². The molecule has 0 bridgehead atoms. The molecule has 0 atom stereocenters. The highest BCUT2D eigenvalue weighted by Crippen LogP contribution is 2.33. The van der Waals surface area contributed by atoms with Crippen LogP contribution in [0.4, 0.5) is 0 Å². The molecule has 0 unspecified atom stereocenters. The van der Waals surface area contributed by atoms with E-state index >= 15 is 0 Å². The zero-order valence-corrected chi connectivity index (χ0v) is 16.9. The number of hydrogen-bond donors (Lipinski definition) is 1. The number of hydrogen-bond acceptors (Lipinski definition) is 3. The molecule has 1 amide bonds. The Hall–Kier alpha value is -3.99. The summed E-state index contributed by atoms with van der Waals surface area (Å²) < 4.78 is 0. The maximum Gasteiger partial charge on any atom is 0.255 e. The number of nitrogens with one attached hydrogen (secondary N) is 1. The summed E-state index contributed by atoms with van der Waals surface area (Å²) >= 11 is 0. The van der Waals surface area contributed by atoms with Crippen LogP contribution in [0.1, 0.15) is 21.6 Å². The van der Waals surface area contributed by atoms with Gasteiger partial charge in [0.25, 0.3) is 5.91 Å². The molecule has 3 heterocycles. The topological polar surface area (TPSA) is 61.9 Å². The number of carbonyl (C=O) groups is 1. The Kier molecular flexibility index (Phi) is 4.06. The molecule has 5 heteroatoms. The second-order valence-electron chi connectivity index (χ2n) is 7.98. The van der Waals surface area contributed by atoms with Crippen molar-refractivity contribution in [3.05, 3.63) is 95.8 Å². The molecule has 5 nitrogen and oxygen atoms in total. The third-order valence-electron chi connectivity index (χ3n) is 6.06. The molecule has 6 rings (SSSR count). The van der Waals surface area contributed by atoms with Crippen LogP contribution < -0.4 is 0 Å². The van der Waals surface area contributed by atoms with Gasteiger partial charge >= 0.3 is 0 Å². The Bertz CT molecular complexity index is 1450. The first-order chi connectivity index (χ1) is 15.3. The zero-order chi connectivity index (χ0) is 20.8. The van der Waals surface area contributed by atoms with E-state index in [9.17, 15) is 4.79 Å². The Labute approximate surface area is 179 Å². The summed E-state index contributed by atoms with van der Waals surface area (Å²) in [6.45, 7) is 1.29. The summed E-state index contributed by atoms with van der Waals surface area (Å²) in [5.74, 6) is 0.0936. The van der Waals surface area contributed by atoms with Crippen molar-refractivity contribution in [1.82, 2.24) is 20.1 Å². The third kappa shape index (κ3) is 3.06. The molecule has 0 saturated heterocycles. The van der Waals surface area contributed by atoms with Crippen molar-refractivity contribution < 1.29 is 4.79 Å². The van der Waals surface area contributed by atoms with Gasteiger partial charge in [0.15, 0.2) is 0 Å².